The molecule has 0 radical (unpaired) electrons. The minimum absolute atomic E-state index is 0.00851. The number of benzene rings is 3. The van der Waals surface area contributed by atoms with Gasteiger partial charge in [-0.3, -0.25) is 67.9 Å². The van der Waals surface area contributed by atoms with Gasteiger partial charge >= 0.3 is 6.03 Å². The number of aliphatic hydroxyl groups is 1. The van der Waals surface area contributed by atoms with Crippen LogP contribution in [-0.2, 0) is 73.6 Å². The molecule has 542 valence electrons. The lowest BCUT2D eigenvalue weighted by Gasteiger charge is -2.31. The summed E-state index contributed by atoms with van der Waals surface area (Å²) in [7, 11) is 0. The molecular formula is C68H91ClN20O12. The highest BCUT2D eigenvalue weighted by Crippen LogP contribution is 2.23. The number of urea groups is 1. The Bertz CT molecular complexity index is 3730. The number of rotatable bonds is 38. The molecular weight excluding hydrogens is 1320 g/mol. The van der Waals surface area contributed by atoms with Gasteiger partial charge < -0.3 is 92.3 Å². The van der Waals surface area contributed by atoms with E-state index in [1.807, 2.05) is 30.3 Å². The first-order valence-electron chi connectivity index (χ1n) is 33.0. The second-order valence-electron chi connectivity index (χ2n) is 24.8. The standard InChI is InChI=1S/C68H91ClN20O12/c1-38(2)30-49(58(93)82-48(19-10-28-79-67(73)74)65(100)89-29-11-20-55(89)64(99)80-39(3)56(70)91)83-60(95)51(32-41-12-7-25-76-35-41)84-57(92)47(18-9-27-78-66(71)72)81-63(98)54(37-90)87-61(96)52(33-42-13-8-26-77-36-42)86-59(94)50(31-40-21-23-45(69)24-22-40)85-62(97)53(88-68(75)101)34-44-16-6-15-43-14-4-5-17-46(43)44/h4-8,12-17,21-26,35-36,38-39,47-55,90H,9-11,18-20,27-34,37H2,1-3H3,(H2,70,91)(H,80,99)(H,81,98)(H,82,93)(H,83,95)(H,84,92)(H,85,97)(H,86,94)(H,87,96)(H4,71,72,78)(H4,73,74,79)(H3,75,88,101)/t39-,47+,48+,49+,50-,51-,52-,53-,54+,55+/m1/s1. The van der Waals surface area contributed by atoms with E-state index >= 15 is 0 Å². The van der Waals surface area contributed by atoms with Crippen LogP contribution in [0.25, 0.3) is 10.8 Å². The van der Waals surface area contributed by atoms with E-state index in [4.69, 9.17) is 46.0 Å². The minimum Gasteiger partial charge on any atom is -0.394 e. The average molecular weight is 1420 g/mol. The molecule has 101 heavy (non-hydrogen) atoms. The molecule has 10 atom stereocenters. The molecule has 3 heterocycles. The van der Waals surface area contributed by atoms with E-state index in [2.05, 4.69) is 67.8 Å². The Morgan fingerprint density at radius 3 is 1.50 bits per heavy atom. The maximum Gasteiger partial charge on any atom is 0.312 e. The lowest BCUT2D eigenvalue weighted by Crippen LogP contribution is -2.61. The number of aliphatic hydroxyl groups excluding tert-OH is 1. The molecule has 0 bridgehead atoms. The van der Waals surface area contributed by atoms with E-state index in [9.17, 15) is 57.8 Å². The maximum atomic E-state index is 14.8. The molecule has 1 aliphatic rings. The van der Waals surface area contributed by atoms with Gasteiger partial charge in [-0.15, -0.1) is 0 Å². The molecule has 0 saturated carbocycles. The number of nitrogens with one attached hydrogen (secondary N) is 9. The van der Waals surface area contributed by atoms with Crippen LogP contribution in [0.2, 0.25) is 5.02 Å². The van der Waals surface area contributed by atoms with Gasteiger partial charge in [-0.2, -0.15) is 0 Å². The van der Waals surface area contributed by atoms with E-state index < -0.39 is 132 Å². The Morgan fingerprint density at radius 2 is 0.990 bits per heavy atom. The molecule has 1 aliphatic heterocycles. The SMILES string of the molecule is CC(C)C[C@H](NC(=O)[C@@H](Cc1cccnc1)NC(=O)[C@H](CCCN=C(N)N)NC(=O)[C@H](CO)NC(=O)[C@@H](Cc1cccnc1)NC(=O)[C@@H](Cc1ccc(Cl)cc1)NC(=O)[C@@H](Cc1cccc2ccccc12)NC(N)=O)C(=O)N[C@@H](CCCN=C(N)N)C(=O)N1CCC[C@H]1C(=O)N[C@H](C)C(N)=O. The summed E-state index contributed by atoms with van der Waals surface area (Å²) in [6, 6.07) is 10.8. The first-order valence-corrected chi connectivity index (χ1v) is 33.4. The van der Waals surface area contributed by atoms with Gasteiger partial charge in [0.15, 0.2) is 11.9 Å². The Morgan fingerprint density at radius 1 is 0.525 bits per heavy atom. The Labute approximate surface area is 588 Å². The van der Waals surface area contributed by atoms with Crippen molar-refractivity contribution in [1.29, 1.82) is 0 Å². The number of aromatic nitrogens is 2. The third-order valence-electron chi connectivity index (χ3n) is 16.4. The minimum atomic E-state index is -1.82. The number of hydrogen-bond donors (Lipinski definition) is 16. The molecule has 33 heteroatoms. The Balaban J connectivity index is 1.25. The van der Waals surface area contributed by atoms with Gasteiger partial charge in [-0.1, -0.05) is 92.2 Å². The fraction of sp³-hybridized carbons (Fsp3) is 0.426. The summed E-state index contributed by atoms with van der Waals surface area (Å²) in [4.78, 5) is 172. The van der Waals surface area contributed by atoms with Crippen LogP contribution in [0.3, 0.4) is 0 Å². The number of carbonyl (C=O) groups is 11. The van der Waals surface area contributed by atoms with Crippen LogP contribution in [0.15, 0.2) is 126 Å². The number of nitrogens with zero attached hydrogens (tertiary/aromatic N) is 5. The number of nitrogens with two attached hydrogens (primary N) is 6. The second-order valence-corrected chi connectivity index (χ2v) is 25.3. The van der Waals surface area contributed by atoms with Crippen molar-refractivity contribution in [2.75, 3.05) is 26.2 Å². The van der Waals surface area contributed by atoms with Crippen LogP contribution in [0, 0.1) is 5.92 Å². The molecule has 0 spiro atoms. The first kappa shape index (κ1) is 79.0. The van der Waals surface area contributed by atoms with Crippen molar-refractivity contribution >= 4 is 99.4 Å². The zero-order valence-electron chi connectivity index (χ0n) is 56.4. The van der Waals surface area contributed by atoms with Crippen molar-refractivity contribution in [2.24, 2.45) is 50.3 Å². The Hall–Kier alpha value is -11.0. The highest BCUT2D eigenvalue weighted by molar-refractivity contribution is 6.30. The zero-order valence-corrected chi connectivity index (χ0v) is 57.2. The van der Waals surface area contributed by atoms with Gasteiger partial charge in [0, 0.05) is 75.1 Å². The lowest BCUT2D eigenvalue weighted by molar-refractivity contribution is -0.142. The van der Waals surface area contributed by atoms with Gasteiger partial charge in [0.1, 0.15) is 60.4 Å². The lowest BCUT2D eigenvalue weighted by atomic mass is 9.97. The van der Waals surface area contributed by atoms with E-state index in [-0.39, 0.29) is 102 Å². The number of hydrogen-bond acceptors (Lipinski definition) is 16. The summed E-state index contributed by atoms with van der Waals surface area (Å²) in [5.74, 6) is -9.25. The van der Waals surface area contributed by atoms with E-state index in [1.165, 1.54) is 36.6 Å². The summed E-state index contributed by atoms with van der Waals surface area (Å²) in [5, 5.41) is 36.6. The van der Waals surface area contributed by atoms with Crippen molar-refractivity contribution in [2.45, 2.75) is 152 Å². The molecule has 5 aromatic rings. The monoisotopic (exact) mass is 1410 g/mol. The normalized spacial score (nSPS) is 15.2. The molecule has 0 unspecified atom stereocenters. The molecule has 1 fully saturated rings. The molecule has 2 aromatic heterocycles. The first-order chi connectivity index (χ1) is 48.2. The average Bonchev–Trinajstić information content (AvgIpc) is 1.81. The molecule has 3 aromatic carbocycles. The number of carbonyl (C=O) groups excluding carboxylic acids is 11. The summed E-state index contributed by atoms with van der Waals surface area (Å²) in [6.45, 7) is 4.06. The van der Waals surface area contributed by atoms with E-state index in [0.717, 1.165) is 10.8 Å². The smallest absolute Gasteiger partial charge is 0.312 e. The van der Waals surface area contributed by atoms with Gasteiger partial charge in [0.25, 0.3) is 0 Å². The van der Waals surface area contributed by atoms with Gasteiger partial charge in [-0.25, -0.2) is 4.79 Å². The summed E-state index contributed by atoms with van der Waals surface area (Å²) in [5.41, 5.74) is 35.4. The fourth-order valence-corrected chi connectivity index (χ4v) is 11.4. The van der Waals surface area contributed by atoms with Crippen LogP contribution in [-0.4, -0.2) is 184 Å². The molecule has 32 nitrogen and oxygen atoms in total. The quantitative estimate of drug-likeness (QED) is 0.0117. The van der Waals surface area contributed by atoms with Crippen LogP contribution >= 0.6 is 11.6 Å². The summed E-state index contributed by atoms with van der Waals surface area (Å²) in [6.07, 6.45) is 5.82. The number of primary amides is 2. The summed E-state index contributed by atoms with van der Waals surface area (Å²) < 4.78 is 0. The topological polar surface area (TPSA) is 526 Å². The number of pyridine rings is 2. The number of halogens is 1. The number of aliphatic imine (C=N–C) groups is 2. The van der Waals surface area contributed by atoms with Crippen LogP contribution in [0.4, 0.5) is 4.79 Å². The van der Waals surface area contributed by atoms with Gasteiger partial charge in [0.2, 0.25) is 59.1 Å². The van der Waals surface area contributed by atoms with Crippen LogP contribution in [0.1, 0.15) is 88.0 Å². The van der Waals surface area contributed by atoms with Crippen molar-refractivity contribution in [3.8, 4) is 0 Å². The molecule has 1 saturated heterocycles. The number of amides is 12. The predicted octanol–water partition coefficient (Wildman–Crippen LogP) is -1.89. The number of likely N-dealkylation sites (tertiary alicyclic amines) is 1. The molecule has 12 amide bonds. The summed E-state index contributed by atoms with van der Waals surface area (Å²) >= 11 is 6.22. The van der Waals surface area contributed by atoms with Gasteiger partial charge in [-0.05, 0) is 115 Å². The predicted molar refractivity (Wildman–Crippen MR) is 377 cm³/mol. The Kier molecular flexibility index (Phi) is 30.9. The zero-order chi connectivity index (χ0) is 73.7. The third kappa shape index (κ3) is 25.7. The van der Waals surface area contributed by atoms with Crippen molar-refractivity contribution in [3.63, 3.8) is 0 Å². The van der Waals surface area contributed by atoms with Gasteiger partial charge in [0.05, 0.1) is 6.61 Å². The van der Waals surface area contributed by atoms with Crippen LogP contribution < -0.4 is 82.3 Å². The number of fused-ring (bicyclic) bond motifs is 1. The maximum absolute atomic E-state index is 14.8. The number of guanidine groups is 2. The van der Waals surface area contributed by atoms with Crippen LogP contribution in [0.5, 0.6) is 0 Å². The van der Waals surface area contributed by atoms with E-state index in [0.29, 0.717) is 33.7 Å². The van der Waals surface area contributed by atoms with Crippen molar-refractivity contribution < 1.29 is 57.8 Å². The fourth-order valence-electron chi connectivity index (χ4n) is 11.3. The molecule has 22 N–H and O–H groups in total. The largest absolute Gasteiger partial charge is 0.394 e. The molecule has 0 aliphatic carbocycles. The van der Waals surface area contributed by atoms with E-state index in [1.54, 1.807) is 74.5 Å². The molecule has 6 rings (SSSR count). The third-order valence-corrected chi connectivity index (χ3v) is 16.7. The second kappa shape index (κ2) is 39.5. The highest BCUT2D eigenvalue weighted by Gasteiger charge is 2.40. The van der Waals surface area contributed by atoms with Crippen molar-refractivity contribution in [3.05, 3.63) is 143 Å². The van der Waals surface area contributed by atoms with Crippen molar-refractivity contribution in [1.82, 2.24) is 62.7 Å². The highest BCUT2D eigenvalue weighted by atomic mass is 35.5.